The summed E-state index contributed by atoms with van der Waals surface area (Å²) in [4.78, 5) is 19.4. The number of carbonyl (C=O) groups excluding carboxylic acids is 1. The van der Waals surface area contributed by atoms with Gasteiger partial charge in [-0.2, -0.15) is 0 Å². The lowest BCUT2D eigenvalue weighted by molar-refractivity contribution is -0.130. The predicted molar refractivity (Wildman–Crippen MR) is 73.9 cm³/mol. The van der Waals surface area contributed by atoms with Crippen LogP contribution in [0.1, 0.15) is 32.4 Å². The fraction of sp³-hybridized carbons (Fsp3) is 0.538. The molecule has 0 bridgehead atoms. The molecule has 0 saturated carbocycles. The molecule has 2 rings (SSSR count). The number of hydrogen-bond acceptors (Lipinski definition) is 3. The summed E-state index contributed by atoms with van der Waals surface area (Å²) >= 11 is 1.59. The van der Waals surface area contributed by atoms with Crippen molar-refractivity contribution >= 4 is 22.2 Å². The number of nitrogens with zero attached hydrogens (tertiary/aromatic N) is 3. The van der Waals surface area contributed by atoms with Crippen molar-refractivity contribution in [2.45, 2.75) is 33.1 Å². The molecule has 0 aliphatic carbocycles. The van der Waals surface area contributed by atoms with Gasteiger partial charge in [-0.15, -0.1) is 11.3 Å². The molecule has 0 N–H and O–H groups in total. The zero-order chi connectivity index (χ0) is 13.0. The Morgan fingerprint density at radius 1 is 1.50 bits per heavy atom. The van der Waals surface area contributed by atoms with Gasteiger partial charge < -0.3 is 4.90 Å². The first-order chi connectivity index (χ1) is 8.74. The number of amides is 1. The van der Waals surface area contributed by atoms with E-state index in [4.69, 9.17) is 0 Å². The van der Waals surface area contributed by atoms with Crippen LogP contribution in [-0.4, -0.2) is 33.3 Å². The number of hydrogen-bond donors (Lipinski definition) is 0. The van der Waals surface area contributed by atoms with Gasteiger partial charge in [-0.3, -0.25) is 9.20 Å². The number of aromatic nitrogens is 2. The van der Waals surface area contributed by atoms with Gasteiger partial charge in [0.1, 0.15) is 0 Å². The van der Waals surface area contributed by atoms with Crippen LogP contribution in [0, 0.1) is 0 Å². The molecule has 5 heteroatoms. The second-order valence-electron chi connectivity index (χ2n) is 4.33. The molecule has 1 amide bonds. The molecule has 2 heterocycles. The number of fused-ring (bicyclic) bond motifs is 1. The van der Waals surface area contributed by atoms with Crippen LogP contribution in [0.4, 0.5) is 0 Å². The highest BCUT2D eigenvalue weighted by Gasteiger charge is 2.13. The van der Waals surface area contributed by atoms with Crippen LogP contribution in [0.15, 0.2) is 17.8 Å². The molecule has 0 atom stereocenters. The van der Waals surface area contributed by atoms with Crippen LogP contribution in [0.25, 0.3) is 4.96 Å². The first-order valence-electron chi connectivity index (χ1n) is 6.43. The zero-order valence-electron chi connectivity index (χ0n) is 10.9. The molecule has 98 valence electrons. The van der Waals surface area contributed by atoms with Crippen LogP contribution in [0.2, 0.25) is 0 Å². The third kappa shape index (κ3) is 2.90. The normalized spacial score (nSPS) is 11.0. The van der Waals surface area contributed by atoms with Gasteiger partial charge in [0.15, 0.2) is 4.96 Å². The van der Waals surface area contributed by atoms with E-state index in [0.29, 0.717) is 6.42 Å². The first kappa shape index (κ1) is 13.1. The maximum atomic E-state index is 12.1. The smallest absolute Gasteiger partial charge is 0.228 e. The van der Waals surface area contributed by atoms with Crippen LogP contribution in [0.5, 0.6) is 0 Å². The van der Waals surface area contributed by atoms with Crippen molar-refractivity contribution in [1.29, 1.82) is 0 Å². The first-order valence-corrected chi connectivity index (χ1v) is 7.31. The molecule has 0 spiro atoms. The molecule has 2 aromatic rings. The topological polar surface area (TPSA) is 37.6 Å². The van der Waals surface area contributed by atoms with Gasteiger partial charge in [-0.05, 0) is 13.3 Å². The van der Waals surface area contributed by atoms with Crippen molar-refractivity contribution in [1.82, 2.24) is 14.3 Å². The van der Waals surface area contributed by atoms with E-state index < -0.39 is 0 Å². The van der Waals surface area contributed by atoms with Gasteiger partial charge >= 0.3 is 0 Å². The van der Waals surface area contributed by atoms with Crippen molar-refractivity contribution in [2.24, 2.45) is 0 Å². The van der Waals surface area contributed by atoms with Crippen molar-refractivity contribution in [3.05, 3.63) is 23.5 Å². The summed E-state index contributed by atoms with van der Waals surface area (Å²) < 4.78 is 1.97. The Morgan fingerprint density at radius 2 is 2.33 bits per heavy atom. The Bertz CT molecular complexity index is 489. The molecular weight excluding hydrogens is 246 g/mol. The summed E-state index contributed by atoms with van der Waals surface area (Å²) in [6, 6.07) is 0. The lowest BCUT2D eigenvalue weighted by atomic mass is 10.2. The van der Waals surface area contributed by atoms with Gasteiger partial charge in [-0.1, -0.05) is 13.3 Å². The molecule has 0 aliphatic heterocycles. The standard InChI is InChI=1S/C13H19N3OS/c1-3-5-6-15(4-2)12(17)9-11-10-16-7-8-18-13(16)14-11/h7-8,10H,3-6,9H2,1-2H3. The van der Waals surface area contributed by atoms with E-state index in [2.05, 4.69) is 11.9 Å². The summed E-state index contributed by atoms with van der Waals surface area (Å²) in [6.45, 7) is 5.80. The lowest BCUT2D eigenvalue weighted by Gasteiger charge is -2.19. The van der Waals surface area contributed by atoms with Crippen LogP contribution >= 0.6 is 11.3 Å². The van der Waals surface area contributed by atoms with Crippen molar-refractivity contribution in [3.63, 3.8) is 0 Å². The summed E-state index contributed by atoms with van der Waals surface area (Å²) in [7, 11) is 0. The predicted octanol–water partition coefficient (Wildman–Crippen LogP) is 2.59. The highest BCUT2D eigenvalue weighted by atomic mass is 32.1. The van der Waals surface area contributed by atoms with E-state index in [1.807, 2.05) is 34.0 Å². The van der Waals surface area contributed by atoms with Gasteiger partial charge in [0, 0.05) is 30.9 Å². The maximum Gasteiger partial charge on any atom is 0.228 e. The van der Waals surface area contributed by atoms with Gasteiger partial charge in [0.25, 0.3) is 0 Å². The van der Waals surface area contributed by atoms with E-state index >= 15 is 0 Å². The minimum atomic E-state index is 0.178. The maximum absolute atomic E-state index is 12.1. The van der Waals surface area contributed by atoms with Crippen LogP contribution in [0.3, 0.4) is 0 Å². The number of imidazole rings is 1. The second kappa shape index (κ2) is 6.00. The molecule has 0 radical (unpaired) electrons. The summed E-state index contributed by atoms with van der Waals surface area (Å²) in [6.07, 6.45) is 6.50. The molecule has 0 fully saturated rings. The third-order valence-corrected chi connectivity index (χ3v) is 3.76. The number of likely N-dealkylation sites (N-methyl/N-ethyl adjacent to an activating group) is 1. The largest absolute Gasteiger partial charge is 0.343 e. The number of carbonyl (C=O) groups is 1. The average molecular weight is 265 g/mol. The Morgan fingerprint density at radius 3 is 3.00 bits per heavy atom. The average Bonchev–Trinajstić information content (AvgIpc) is 2.90. The molecule has 4 nitrogen and oxygen atoms in total. The summed E-state index contributed by atoms with van der Waals surface area (Å²) in [5.74, 6) is 0.178. The van der Waals surface area contributed by atoms with Crippen molar-refractivity contribution in [3.8, 4) is 0 Å². The number of rotatable bonds is 6. The Kier molecular flexibility index (Phi) is 4.36. The zero-order valence-corrected chi connectivity index (χ0v) is 11.7. The highest BCUT2D eigenvalue weighted by molar-refractivity contribution is 7.15. The minimum absolute atomic E-state index is 0.178. The third-order valence-electron chi connectivity index (χ3n) is 2.99. The molecule has 18 heavy (non-hydrogen) atoms. The van der Waals surface area contributed by atoms with Crippen molar-refractivity contribution in [2.75, 3.05) is 13.1 Å². The van der Waals surface area contributed by atoms with Gasteiger partial charge in [-0.25, -0.2) is 4.98 Å². The monoisotopic (exact) mass is 265 g/mol. The highest BCUT2D eigenvalue weighted by Crippen LogP contribution is 2.12. The van der Waals surface area contributed by atoms with Gasteiger partial charge in [0.2, 0.25) is 5.91 Å². The van der Waals surface area contributed by atoms with Crippen LogP contribution < -0.4 is 0 Å². The molecule has 0 unspecified atom stereocenters. The molecule has 0 aliphatic rings. The second-order valence-corrected chi connectivity index (χ2v) is 5.20. The Balaban J connectivity index is 1.99. The quantitative estimate of drug-likeness (QED) is 0.805. The number of thiazole rings is 1. The molecule has 2 aromatic heterocycles. The Labute approximate surface area is 111 Å². The molecule has 0 saturated heterocycles. The van der Waals surface area contributed by atoms with E-state index in [-0.39, 0.29) is 5.91 Å². The van der Waals surface area contributed by atoms with Crippen molar-refractivity contribution < 1.29 is 4.79 Å². The fourth-order valence-corrected chi connectivity index (χ4v) is 2.66. The fourth-order valence-electron chi connectivity index (χ4n) is 1.94. The van der Waals surface area contributed by atoms with E-state index in [1.165, 1.54) is 0 Å². The molecule has 0 aromatic carbocycles. The van der Waals surface area contributed by atoms with Crippen LogP contribution in [-0.2, 0) is 11.2 Å². The van der Waals surface area contributed by atoms with E-state index in [1.54, 1.807) is 11.3 Å². The Hall–Kier alpha value is -1.36. The summed E-state index contributed by atoms with van der Waals surface area (Å²) in [5.41, 5.74) is 0.863. The lowest BCUT2D eigenvalue weighted by Crippen LogP contribution is -2.33. The summed E-state index contributed by atoms with van der Waals surface area (Å²) in [5, 5.41) is 1.99. The van der Waals surface area contributed by atoms with E-state index in [9.17, 15) is 4.79 Å². The minimum Gasteiger partial charge on any atom is -0.343 e. The molecular formula is C13H19N3OS. The van der Waals surface area contributed by atoms with Gasteiger partial charge in [0.05, 0.1) is 12.1 Å². The van der Waals surface area contributed by atoms with E-state index in [0.717, 1.165) is 36.6 Å². The number of unbranched alkanes of at least 4 members (excludes halogenated alkanes) is 1. The SMILES string of the molecule is CCCCN(CC)C(=O)Cc1cn2ccsc2n1.